The van der Waals surface area contributed by atoms with E-state index in [9.17, 15) is 8.78 Å². The number of methoxy groups -OCH3 is 1. The standard InChI is InChI=1S/C20H17F2NO3/c1-24-15-9-10-20(19(23)11-15)26-14-7-5-13(6-8-14)25-12-16-17(21)3-2-4-18(16)22/h2-11H,12,23H2,1H3. The van der Waals surface area contributed by atoms with Gasteiger partial charge in [-0.05, 0) is 48.5 Å². The molecule has 0 fully saturated rings. The van der Waals surface area contributed by atoms with Gasteiger partial charge in [-0.1, -0.05) is 6.07 Å². The second-order valence-electron chi connectivity index (χ2n) is 5.47. The van der Waals surface area contributed by atoms with E-state index >= 15 is 0 Å². The van der Waals surface area contributed by atoms with Crippen LogP contribution in [0.1, 0.15) is 5.56 Å². The predicted molar refractivity (Wildman–Crippen MR) is 94.6 cm³/mol. The first-order chi connectivity index (χ1) is 12.6. The highest BCUT2D eigenvalue weighted by atomic mass is 19.1. The molecule has 0 saturated carbocycles. The van der Waals surface area contributed by atoms with Crippen molar-refractivity contribution in [3.05, 3.63) is 77.9 Å². The molecule has 4 nitrogen and oxygen atoms in total. The molecule has 0 amide bonds. The Hall–Kier alpha value is -3.28. The topological polar surface area (TPSA) is 53.7 Å². The molecule has 0 radical (unpaired) electrons. The number of anilines is 1. The smallest absolute Gasteiger partial charge is 0.150 e. The fourth-order valence-electron chi connectivity index (χ4n) is 2.30. The summed E-state index contributed by atoms with van der Waals surface area (Å²) in [5.74, 6) is 0.862. The van der Waals surface area contributed by atoms with Crippen LogP contribution in [0.3, 0.4) is 0 Å². The van der Waals surface area contributed by atoms with Crippen molar-refractivity contribution in [3.63, 3.8) is 0 Å². The van der Waals surface area contributed by atoms with Crippen molar-refractivity contribution in [2.24, 2.45) is 0 Å². The number of hydrogen-bond acceptors (Lipinski definition) is 4. The summed E-state index contributed by atoms with van der Waals surface area (Å²) in [6.07, 6.45) is 0. The van der Waals surface area contributed by atoms with Gasteiger partial charge in [0.05, 0.1) is 18.4 Å². The molecule has 0 atom stereocenters. The lowest BCUT2D eigenvalue weighted by molar-refractivity contribution is 0.292. The molecule has 3 aromatic rings. The Balaban J connectivity index is 1.65. The minimum atomic E-state index is -0.639. The zero-order valence-electron chi connectivity index (χ0n) is 14.0. The zero-order valence-corrected chi connectivity index (χ0v) is 14.0. The highest BCUT2D eigenvalue weighted by molar-refractivity contribution is 5.57. The van der Waals surface area contributed by atoms with Crippen LogP contribution in [0.15, 0.2) is 60.7 Å². The van der Waals surface area contributed by atoms with Gasteiger partial charge in [-0.15, -0.1) is 0 Å². The third kappa shape index (κ3) is 4.03. The molecular weight excluding hydrogens is 340 g/mol. The number of halogens is 2. The first-order valence-corrected chi connectivity index (χ1v) is 7.84. The van der Waals surface area contributed by atoms with Crippen molar-refractivity contribution in [1.29, 1.82) is 0 Å². The van der Waals surface area contributed by atoms with Crippen molar-refractivity contribution >= 4 is 5.69 Å². The molecule has 0 aliphatic heterocycles. The number of rotatable bonds is 6. The van der Waals surface area contributed by atoms with Crippen LogP contribution in [-0.2, 0) is 6.61 Å². The third-order valence-electron chi connectivity index (χ3n) is 3.71. The average Bonchev–Trinajstić information content (AvgIpc) is 2.64. The molecule has 0 bridgehead atoms. The molecule has 0 aliphatic rings. The Morgan fingerprint density at radius 2 is 1.46 bits per heavy atom. The third-order valence-corrected chi connectivity index (χ3v) is 3.71. The van der Waals surface area contributed by atoms with Gasteiger partial charge < -0.3 is 19.9 Å². The minimum Gasteiger partial charge on any atom is -0.497 e. The van der Waals surface area contributed by atoms with Crippen molar-refractivity contribution in [3.8, 4) is 23.0 Å². The van der Waals surface area contributed by atoms with E-state index in [-0.39, 0.29) is 12.2 Å². The van der Waals surface area contributed by atoms with Crippen LogP contribution >= 0.6 is 0 Å². The maximum atomic E-state index is 13.6. The predicted octanol–water partition coefficient (Wildman–Crippen LogP) is 4.93. The van der Waals surface area contributed by atoms with Crippen molar-refractivity contribution < 1.29 is 23.0 Å². The van der Waals surface area contributed by atoms with E-state index in [1.807, 2.05) is 0 Å². The molecular formula is C20H17F2NO3. The average molecular weight is 357 g/mol. The number of ether oxygens (including phenoxy) is 3. The lowest BCUT2D eigenvalue weighted by atomic mass is 10.2. The second-order valence-corrected chi connectivity index (χ2v) is 5.47. The molecule has 0 aromatic heterocycles. The van der Waals surface area contributed by atoms with Crippen LogP contribution in [0.4, 0.5) is 14.5 Å². The Bertz CT molecular complexity index is 878. The van der Waals surface area contributed by atoms with E-state index < -0.39 is 11.6 Å². The summed E-state index contributed by atoms with van der Waals surface area (Å²) in [5, 5.41) is 0. The summed E-state index contributed by atoms with van der Waals surface area (Å²) >= 11 is 0. The number of hydrogen-bond donors (Lipinski definition) is 1. The first kappa shape index (κ1) is 17.5. The van der Waals surface area contributed by atoms with Crippen LogP contribution in [0, 0.1) is 11.6 Å². The second kappa shape index (κ2) is 7.74. The SMILES string of the molecule is COc1ccc(Oc2ccc(OCc3c(F)cccc3F)cc2)c(N)c1. The van der Waals surface area contributed by atoms with E-state index in [4.69, 9.17) is 19.9 Å². The van der Waals surface area contributed by atoms with Crippen LogP contribution in [0.2, 0.25) is 0 Å². The van der Waals surface area contributed by atoms with Crippen LogP contribution in [-0.4, -0.2) is 7.11 Å². The molecule has 0 spiro atoms. The monoisotopic (exact) mass is 357 g/mol. The van der Waals surface area contributed by atoms with Gasteiger partial charge >= 0.3 is 0 Å². The van der Waals surface area contributed by atoms with Gasteiger partial charge in [0.1, 0.15) is 35.5 Å². The Morgan fingerprint density at radius 3 is 2.08 bits per heavy atom. The molecule has 0 unspecified atom stereocenters. The fourth-order valence-corrected chi connectivity index (χ4v) is 2.30. The molecule has 0 aliphatic carbocycles. The fraction of sp³-hybridized carbons (Fsp3) is 0.100. The quantitative estimate of drug-likeness (QED) is 0.636. The molecule has 3 aromatic carbocycles. The Labute approximate surface area is 149 Å². The highest BCUT2D eigenvalue weighted by Crippen LogP contribution is 2.31. The lowest BCUT2D eigenvalue weighted by Crippen LogP contribution is -2.01. The van der Waals surface area contributed by atoms with E-state index in [1.54, 1.807) is 49.6 Å². The molecule has 0 saturated heterocycles. The number of nitrogen functional groups attached to an aromatic ring is 1. The van der Waals surface area contributed by atoms with Gasteiger partial charge in [0.15, 0.2) is 5.75 Å². The zero-order chi connectivity index (χ0) is 18.5. The van der Waals surface area contributed by atoms with Crippen molar-refractivity contribution in [2.75, 3.05) is 12.8 Å². The van der Waals surface area contributed by atoms with Crippen LogP contribution in [0.25, 0.3) is 0 Å². The maximum absolute atomic E-state index is 13.6. The van der Waals surface area contributed by atoms with Crippen molar-refractivity contribution in [1.82, 2.24) is 0 Å². The van der Waals surface area contributed by atoms with E-state index in [1.165, 1.54) is 18.2 Å². The molecule has 26 heavy (non-hydrogen) atoms. The van der Waals surface area contributed by atoms with Gasteiger partial charge in [0.2, 0.25) is 0 Å². The molecule has 0 heterocycles. The van der Waals surface area contributed by atoms with Crippen LogP contribution < -0.4 is 19.9 Å². The lowest BCUT2D eigenvalue weighted by Gasteiger charge is -2.11. The summed E-state index contributed by atoms with van der Waals surface area (Å²) in [6.45, 7) is -0.204. The van der Waals surface area contributed by atoms with Gasteiger partial charge in [0, 0.05) is 6.07 Å². The summed E-state index contributed by atoms with van der Waals surface area (Å²) in [4.78, 5) is 0. The molecule has 134 valence electrons. The van der Waals surface area contributed by atoms with Gasteiger partial charge in [-0.25, -0.2) is 8.78 Å². The summed E-state index contributed by atoms with van der Waals surface area (Å²) < 4.78 is 43.4. The highest BCUT2D eigenvalue weighted by Gasteiger charge is 2.09. The van der Waals surface area contributed by atoms with E-state index in [0.29, 0.717) is 28.7 Å². The van der Waals surface area contributed by atoms with Gasteiger partial charge in [-0.3, -0.25) is 0 Å². The van der Waals surface area contributed by atoms with E-state index in [0.717, 1.165) is 0 Å². The summed E-state index contributed by atoms with van der Waals surface area (Å²) in [5.41, 5.74) is 6.25. The maximum Gasteiger partial charge on any atom is 0.150 e. The van der Waals surface area contributed by atoms with E-state index in [2.05, 4.69) is 0 Å². The first-order valence-electron chi connectivity index (χ1n) is 7.84. The molecule has 2 N–H and O–H groups in total. The Kier molecular flexibility index (Phi) is 5.22. The summed E-state index contributed by atoms with van der Waals surface area (Å²) in [7, 11) is 1.56. The molecule has 6 heteroatoms. The Morgan fingerprint density at radius 1 is 0.846 bits per heavy atom. The van der Waals surface area contributed by atoms with Gasteiger partial charge in [0.25, 0.3) is 0 Å². The van der Waals surface area contributed by atoms with Crippen LogP contribution in [0.5, 0.6) is 23.0 Å². The number of nitrogens with two attached hydrogens (primary N) is 1. The van der Waals surface area contributed by atoms with Crippen molar-refractivity contribution in [2.45, 2.75) is 6.61 Å². The van der Waals surface area contributed by atoms with Gasteiger partial charge in [-0.2, -0.15) is 0 Å². The normalized spacial score (nSPS) is 10.4. The molecule has 3 rings (SSSR count). The minimum absolute atomic E-state index is 0.112. The summed E-state index contributed by atoms with van der Waals surface area (Å²) in [6, 6.07) is 15.5. The largest absolute Gasteiger partial charge is 0.497 e. The number of benzene rings is 3.